The fourth-order valence-electron chi connectivity index (χ4n) is 0.746. The number of rotatable bonds is 3. The van der Waals surface area contributed by atoms with Gasteiger partial charge in [0.15, 0.2) is 11.9 Å². The molecule has 1 unspecified atom stereocenters. The van der Waals surface area contributed by atoms with Gasteiger partial charge < -0.3 is 14.2 Å². The predicted octanol–water partition coefficient (Wildman–Crippen LogP) is 0.950. The van der Waals surface area contributed by atoms with Crippen LogP contribution < -0.4 is 0 Å². The fraction of sp³-hybridized carbons (Fsp3) is 0.375. The molecule has 4 heteroatoms. The molecule has 66 valence electrons. The summed E-state index contributed by atoms with van der Waals surface area (Å²) < 4.78 is 14.6. The van der Waals surface area contributed by atoms with Crippen molar-refractivity contribution in [3.05, 3.63) is 24.7 Å². The Bertz CT molecular complexity index is 219. The maximum Gasteiger partial charge on any atom is 0.330 e. The van der Waals surface area contributed by atoms with Gasteiger partial charge in [-0.15, -0.1) is 0 Å². The molecule has 1 aliphatic rings. The lowest BCUT2D eigenvalue weighted by Crippen LogP contribution is -2.15. The van der Waals surface area contributed by atoms with Crippen molar-refractivity contribution in [2.75, 3.05) is 6.79 Å². The minimum Gasteiger partial charge on any atom is -0.461 e. The molecule has 0 aromatic carbocycles. The molecule has 12 heavy (non-hydrogen) atoms. The van der Waals surface area contributed by atoms with E-state index in [-0.39, 0.29) is 6.79 Å². The predicted molar refractivity (Wildman–Crippen MR) is 40.9 cm³/mol. The van der Waals surface area contributed by atoms with Gasteiger partial charge in [0.1, 0.15) is 6.26 Å². The fourth-order valence-corrected chi connectivity index (χ4v) is 0.746. The lowest BCUT2D eigenvalue weighted by molar-refractivity contribution is -0.142. The van der Waals surface area contributed by atoms with E-state index in [2.05, 4.69) is 6.58 Å². The van der Waals surface area contributed by atoms with Gasteiger partial charge >= 0.3 is 5.97 Å². The largest absolute Gasteiger partial charge is 0.461 e. The number of carbonyl (C=O) groups is 1. The molecule has 1 heterocycles. The average molecular weight is 170 g/mol. The second kappa shape index (κ2) is 3.80. The van der Waals surface area contributed by atoms with Crippen LogP contribution in [0.4, 0.5) is 0 Å². The minimum atomic E-state index is -0.473. The van der Waals surface area contributed by atoms with Crippen molar-refractivity contribution in [3.8, 4) is 0 Å². The summed E-state index contributed by atoms with van der Waals surface area (Å²) in [6.07, 6.45) is 2.12. The van der Waals surface area contributed by atoms with Crippen molar-refractivity contribution in [1.29, 1.82) is 0 Å². The highest BCUT2D eigenvalue weighted by Crippen LogP contribution is 2.13. The first-order valence-corrected chi connectivity index (χ1v) is 3.51. The summed E-state index contributed by atoms with van der Waals surface area (Å²) in [5, 5.41) is 0. The van der Waals surface area contributed by atoms with Crippen LogP contribution >= 0.6 is 0 Å². The molecular formula is C8H10O4. The summed E-state index contributed by atoms with van der Waals surface area (Å²) in [6, 6.07) is 0. The quantitative estimate of drug-likeness (QED) is 0.467. The van der Waals surface area contributed by atoms with E-state index in [0.29, 0.717) is 5.76 Å². The average Bonchev–Trinajstić information content (AvgIpc) is 2.56. The third kappa shape index (κ3) is 2.02. The first kappa shape index (κ1) is 8.64. The normalized spacial score (nSPS) is 16.9. The molecule has 4 nitrogen and oxygen atoms in total. The molecule has 0 bridgehead atoms. The van der Waals surface area contributed by atoms with Gasteiger partial charge in [0.05, 0.1) is 0 Å². The van der Waals surface area contributed by atoms with Crippen molar-refractivity contribution >= 4 is 5.97 Å². The van der Waals surface area contributed by atoms with E-state index in [1.165, 1.54) is 6.26 Å². The van der Waals surface area contributed by atoms with E-state index in [1.54, 1.807) is 6.92 Å². The van der Waals surface area contributed by atoms with Gasteiger partial charge in [0.25, 0.3) is 0 Å². The standard InChI is InChI=1S/C8H10O4/c1-3-8(9)12-6(2)7-4-10-5-11-7/h3-4,6H,1,5H2,2H3. The van der Waals surface area contributed by atoms with Crippen LogP contribution in [-0.4, -0.2) is 18.9 Å². The Morgan fingerprint density at radius 1 is 1.92 bits per heavy atom. The van der Waals surface area contributed by atoms with Crippen molar-refractivity contribution in [2.45, 2.75) is 13.0 Å². The summed E-state index contributed by atoms with van der Waals surface area (Å²) in [5.41, 5.74) is 0. The van der Waals surface area contributed by atoms with Crippen LogP contribution in [0, 0.1) is 0 Å². The molecule has 0 aromatic rings. The van der Waals surface area contributed by atoms with E-state index in [1.807, 2.05) is 0 Å². The molecule has 0 amide bonds. The molecule has 0 saturated carbocycles. The molecule has 0 spiro atoms. The smallest absolute Gasteiger partial charge is 0.330 e. The lowest BCUT2D eigenvalue weighted by atomic mass is 10.3. The van der Waals surface area contributed by atoms with Crippen LogP contribution in [0.2, 0.25) is 0 Å². The van der Waals surface area contributed by atoms with Crippen molar-refractivity contribution in [1.82, 2.24) is 0 Å². The Labute approximate surface area is 70.4 Å². The molecule has 1 aliphatic heterocycles. The molecule has 0 saturated heterocycles. The molecule has 1 atom stereocenters. The molecule has 0 N–H and O–H groups in total. The molecule has 1 rings (SSSR count). The van der Waals surface area contributed by atoms with Crippen molar-refractivity contribution in [2.24, 2.45) is 0 Å². The summed E-state index contributed by atoms with van der Waals surface area (Å²) in [4.78, 5) is 10.7. The van der Waals surface area contributed by atoms with Gasteiger partial charge in [-0.1, -0.05) is 6.58 Å². The first-order valence-electron chi connectivity index (χ1n) is 3.51. The van der Waals surface area contributed by atoms with Gasteiger partial charge in [-0.2, -0.15) is 0 Å². The van der Waals surface area contributed by atoms with Crippen LogP contribution in [-0.2, 0) is 19.0 Å². The number of hydrogen-bond acceptors (Lipinski definition) is 4. The van der Waals surface area contributed by atoms with Crippen molar-refractivity contribution < 1.29 is 19.0 Å². The van der Waals surface area contributed by atoms with Crippen LogP contribution in [0.1, 0.15) is 6.92 Å². The molecule has 0 aromatic heterocycles. The summed E-state index contributed by atoms with van der Waals surface area (Å²) in [5.74, 6) is 0.0455. The summed E-state index contributed by atoms with van der Waals surface area (Å²) in [6.45, 7) is 5.16. The van der Waals surface area contributed by atoms with Crippen molar-refractivity contribution in [3.63, 3.8) is 0 Å². The third-order valence-corrected chi connectivity index (χ3v) is 1.35. The summed E-state index contributed by atoms with van der Waals surface area (Å²) in [7, 11) is 0. The Morgan fingerprint density at radius 2 is 2.67 bits per heavy atom. The van der Waals surface area contributed by atoms with Gasteiger partial charge in [-0.3, -0.25) is 0 Å². The molecule has 0 aliphatic carbocycles. The molecule has 0 radical (unpaired) electrons. The Morgan fingerprint density at radius 3 is 3.17 bits per heavy atom. The zero-order valence-corrected chi connectivity index (χ0v) is 6.78. The SMILES string of the molecule is C=CC(=O)OC(C)C1=COCO1. The highest BCUT2D eigenvalue weighted by Gasteiger charge is 2.17. The van der Waals surface area contributed by atoms with E-state index < -0.39 is 12.1 Å². The highest BCUT2D eigenvalue weighted by molar-refractivity contribution is 5.81. The van der Waals surface area contributed by atoms with E-state index >= 15 is 0 Å². The van der Waals surface area contributed by atoms with Gasteiger partial charge in [0.2, 0.25) is 6.79 Å². The first-order chi connectivity index (χ1) is 5.74. The second-order valence-corrected chi connectivity index (χ2v) is 2.23. The van der Waals surface area contributed by atoms with Crippen LogP contribution in [0.15, 0.2) is 24.7 Å². The molecule has 0 fully saturated rings. The Hall–Kier alpha value is -1.45. The van der Waals surface area contributed by atoms with Crippen LogP contribution in [0.5, 0.6) is 0 Å². The zero-order chi connectivity index (χ0) is 8.97. The minimum absolute atomic E-state index is 0.186. The number of hydrogen-bond donors (Lipinski definition) is 0. The number of carbonyl (C=O) groups excluding carboxylic acids is 1. The topological polar surface area (TPSA) is 44.8 Å². The van der Waals surface area contributed by atoms with Gasteiger partial charge in [-0.05, 0) is 6.92 Å². The maximum atomic E-state index is 10.7. The lowest BCUT2D eigenvalue weighted by Gasteiger charge is -2.10. The Balaban J connectivity index is 2.41. The number of esters is 1. The Kier molecular flexibility index (Phi) is 2.74. The van der Waals surface area contributed by atoms with Crippen LogP contribution in [0.25, 0.3) is 0 Å². The van der Waals surface area contributed by atoms with E-state index in [4.69, 9.17) is 14.2 Å². The maximum absolute atomic E-state index is 10.7. The monoisotopic (exact) mass is 170 g/mol. The second-order valence-electron chi connectivity index (χ2n) is 2.23. The molecular weight excluding hydrogens is 160 g/mol. The van der Waals surface area contributed by atoms with E-state index in [9.17, 15) is 4.79 Å². The van der Waals surface area contributed by atoms with Gasteiger partial charge in [-0.25, -0.2) is 4.79 Å². The number of ether oxygens (including phenoxy) is 3. The zero-order valence-electron chi connectivity index (χ0n) is 6.78. The van der Waals surface area contributed by atoms with Crippen LogP contribution in [0.3, 0.4) is 0 Å². The third-order valence-electron chi connectivity index (χ3n) is 1.35. The highest BCUT2D eigenvalue weighted by atomic mass is 16.7. The van der Waals surface area contributed by atoms with E-state index in [0.717, 1.165) is 6.08 Å². The summed E-state index contributed by atoms with van der Waals surface area (Å²) >= 11 is 0. The van der Waals surface area contributed by atoms with Gasteiger partial charge in [0, 0.05) is 6.08 Å².